The molecule has 0 fully saturated rings. The SMILES string of the molecule is CSc1ccc([C@H](N)C(C)(C)CO)cc1.Cl. The van der Waals surface area contributed by atoms with E-state index in [9.17, 15) is 5.11 Å². The molecule has 0 spiro atoms. The first-order chi connectivity index (χ1) is 7.01. The second-order valence-electron chi connectivity index (χ2n) is 4.40. The van der Waals surface area contributed by atoms with Crippen LogP contribution in [-0.4, -0.2) is 18.0 Å². The highest BCUT2D eigenvalue weighted by atomic mass is 35.5. The van der Waals surface area contributed by atoms with Crippen LogP contribution in [-0.2, 0) is 0 Å². The van der Waals surface area contributed by atoms with Crippen molar-refractivity contribution < 1.29 is 5.11 Å². The Kier molecular flexibility index (Phi) is 6.41. The highest BCUT2D eigenvalue weighted by Crippen LogP contribution is 2.31. The van der Waals surface area contributed by atoms with Gasteiger partial charge in [-0.05, 0) is 24.0 Å². The Morgan fingerprint density at radius 3 is 2.19 bits per heavy atom. The van der Waals surface area contributed by atoms with Crippen molar-refractivity contribution in [2.75, 3.05) is 12.9 Å². The quantitative estimate of drug-likeness (QED) is 0.820. The van der Waals surface area contributed by atoms with Crippen molar-refractivity contribution in [1.29, 1.82) is 0 Å². The van der Waals surface area contributed by atoms with Gasteiger partial charge in [-0.15, -0.1) is 24.2 Å². The predicted molar refractivity (Wildman–Crippen MR) is 73.3 cm³/mol. The minimum Gasteiger partial charge on any atom is -0.396 e. The molecule has 0 saturated heterocycles. The van der Waals surface area contributed by atoms with Crippen LogP contribution in [0.4, 0.5) is 0 Å². The minimum atomic E-state index is -0.277. The number of aliphatic hydroxyl groups excluding tert-OH is 1. The molecule has 0 saturated carbocycles. The van der Waals surface area contributed by atoms with Crippen LogP contribution in [0.25, 0.3) is 0 Å². The van der Waals surface area contributed by atoms with Crippen LogP contribution < -0.4 is 5.73 Å². The second-order valence-corrected chi connectivity index (χ2v) is 5.28. The van der Waals surface area contributed by atoms with Gasteiger partial charge in [0, 0.05) is 23.0 Å². The average molecular weight is 262 g/mol. The summed E-state index contributed by atoms with van der Waals surface area (Å²) < 4.78 is 0. The normalized spacial score (nSPS) is 13.1. The zero-order chi connectivity index (χ0) is 11.5. The Morgan fingerprint density at radius 1 is 1.31 bits per heavy atom. The van der Waals surface area contributed by atoms with E-state index in [4.69, 9.17) is 5.73 Å². The first-order valence-corrected chi connectivity index (χ1v) is 6.24. The number of benzene rings is 1. The molecule has 92 valence electrons. The molecule has 16 heavy (non-hydrogen) atoms. The lowest BCUT2D eigenvalue weighted by atomic mass is 9.82. The van der Waals surface area contributed by atoms with Gasteiger partial charge in [0.15, 0.2) is 0 Å². The molecule has 0 radical (unpaired) electrons. The summed E-state index contributed by atoms with van der Waals surface area (Å²) in [5.41, 5.74) is 6.91. The summed E-state index contributed by atoms with van der Waals surface area (Å²) in [7, 11) is 0. The first kappa shape index (κ1) is 15.8. The lowest BCUT2D eigenvalue weighted by Gasteiger charge is -2.29. The molecule has 0 amide bonds. The summed E-state index contributed by atoms with van der Waals surface area (Å²) in [6.45, 7) is 4.04. The summed E-state index contributed by atoms with van der Waals surface area (Å²) in [6.07, 6.45) is 2.05. The number of rotatable bonds is 4. The molecular formula is C12H20ClNOS. The van der Waals surface area contributed by atoms with Gasteiger partial charge in [0.1, 0.15) is 0 Å². The Morgan fingerprint density at radius 2 is 1.81 bits per heavy atom. The standard InChI is InChI=1S/C12H19NOS.ClH/c1-12(2,8-14)11(13)9-4-6-10(15-3)7-5-9;/h4-7,11,14H,8,13H2,1-3H3;1H/t11-;/m0./s1. The van der Waals surface area contributed by atoms with E-state index >= 15 is 0 Å². The van der Waals surface area contributed by atoms with Crippen LogP contribution in [0.15, 0.2) is 29.2 Å². The molecule has 0 aliphatic heterocycles. The number of hydrogen-bond acceptors (Lipinski definition) is 3. The molecule has 1 aromatic rings. The maximum absolute atomic E-state index is 9.24. The summed E-state index contributed by atoms with van der Waals surface area (Å²) in [6, 6.07) is 8.07. The van der Waals surface area contributed by atoms with E-state index in [2.05, 4.69) is 12.1 Å². The molecule has 2 nitrogen and oxygen atoms in total. The summed E-state index contributed by atoms with van der Waals surface area (Å²) >= 11 is 1.71. The van der Waals surface area contributed by atoms with Gasteiger partial charge >= 0.3 is 0 Å². The molecule has 0 heterocycles. The van der Waals surface area contributed by atoms with Crippen LogP contribution >= 0.6 is 24.2 Å². The topological polar surface area (TPSA) is 46.2 Å². The Bertz CT molecular complexity index is 313. The minimum absolute atomic E-state index is 0. The van der Waals surface area contributed by atoms with E-state index in [1.807, 2.05) is 32.2 Å². The number of aliphatic hydroxyl groups is 1. The summed E-state index contributed by atoms with van der Waals surface area (Å²) in [4.78, 5) is 1.23. The third-order valence-electron chi connectivity index (χ3n) is 2.72. The molecule has 3 N–H and O–H groups in total. The van der Waals surface area contributed by atoms with Gasteiger partial charge in [-0.1, -0.05) is 26.0 Å². The highest BCUT2D eigenvalue weighted by Gasteiger charge is 2.26. The van der Waals surface area contributed by atoms with Crippen molar-refractivity contribution >= 4 is 24.2 Å². The van der Waals surface area contributed by atoms with Gasteiger partial charge in [-0.2, -0.15) is 0 Å². The zero-order valence-corrected chi connectivity index (χ0v) is 11.6. The fraction of sp³-hybridized carbons (Fsp3) is 0.500. The van der Waals surface area contributed by atoms with E-state index in [1.165, 1.54) is 4.90 Å². The third-order valence-corrected chi connectivity index (χ3v) is 3.47. The first-order valence-electron chi connectivity index (χ1n) is 5.01. The number of hydrogen-bond donors (Lipinski definition) is 2. The van der Waals surface area contributed by atoms with Crippen LogP contribution in [0.3, 0.4) is 0 Å². The molecule has 0 aliphatic rings. The van der Waals surface area contributed by atoms with E-state index in [1.54, 1.807) is 11.8 Å². The number of nitrogens with two attached hydrogens (primary N) is 1. The maximum atomic E-state index is 9.24. The smallest absolute Gasteiger partial charge is 0.0500 e. The average Bonchev–Trinajstić information content (AvgIpc) is 2.28. The van der Waals surface area contributed by atoms with Crippen LogP contribution in [0.5, 0.6) is 0 Å². The molecule has 0 unspecified atom stereocenters. The molecule has 0 aliphatic carbocycles. The maximum Gasteiger partial charge on any atom is 0.0500 e. The molecule has 1 rings (SSSR count). The summed E-state index contributed by atoms with van der Waals surface area (Å²) in [5.74, 6) is 0. The Labute approximate surface area is 108 Å². The third kappa shape index (κ3) is 3.67. The van der Waals surface area contributed by atoms with Crippen molar-refractivity contribution in [2.45, 2.75) is 24.8 Å². The lowest BCUT2D eigenvalue weighted by Crippen LogP contribution is -2.32. The van der Waals surface area contributed by atoms with Gasteiger partial charge in [0.2, 0.25) is 0 Å². The van der Waals surface area contributed by atoms with Crippen LogP contribution in [0.2, 0.25) is 0 Å². The summed E-state index contributed by atoms with van der Waals surface area (Å²) in [5, 5.41) is 9.24. The van der Waals surface area contributed by atoms with Crippen molar-refractivity contribution in [3.05, 3.63) is 29.8 Å². The molecule has 0 aromatic heterocycles. The molecule has 1 aromatic carbocycles. The van der Waals surface area contributed by atoms with Gasteiger partial charge in [0.05, 0.1) is 0 Å². The monoisotopic (exact) mass is 261 g/mol. The largest absolute Gasteiger partial charge is 0.396 e. The Balaban J connectivity index is 0.00000225. The van der Waals surface area contributed by atoms with E-state index in [0.717, 1.165) is 5.56 Å². The molecule has 1 atom stereocenters. The second kappa shape index (κ2) is 6.50. The lowest BCUT2D eigenvalue weighted by molar-refractivity contribution is 0.132. The van der Waals surface area contributed by atoms with Gasteiger partial charge in [-0.3, -0.25) is 0 Å². The molecule has 4 heteroatoms. The predicted octanol–water partition coefficient (Wildman–Crippen LogP) is 2.85. The van der Waals surface area contributed by atoms with E-state index in [-0.39, 0.29) is 30.5 Å². The van der Waals surface area contributed by atoms with Gasteiger partial charge in [0.25, 0.3) is 0 Å². The van der Waals surface area contributed by atoms with Crippen molar-refractivity contribution in [1.82, 2.24) is 0 Å². The molecular weight excluding hydrogens is 242 g/mol. The van der Waals surface area contributed by atoms with Gasteiger partial charge < -0.3 is 10.8 Å². The Hall–Kier alpha value is -0.220. The van der Waals surface area contributed by atoms with Crippen LogP contribution in [0, 0.1) is 5.41 Å². The zero-order valence-electron chi connectivity index (χ0n) is 9.93. The highest BCUT2D eigenvalue weighted by molar-refractivity contribution is 7.98. The molecule has 0 bridgehead atoms. The fourth-order valence-electron chi connectivity index (χ4n) is 1.36. The van der Waals surface area contributed by atoms with Crippen molar-refractivity contribution in [3.8, 4) is 0 Å². The number of halogens is 1. The van der Waals surface area contributed by atoms with Crippen LogP contribution in [0.1, 0.15) is 25.5 Å². The number of thioether (sulfide) groups is 1. The fourth-order valence-corrected chi connectivity index (χ4v) is 1.77. The van der Waals surface area contributed by atoms with E-state index < -0.39 is 0 Å². The van der Waals surface area contributed by atoms with Gasteiger partial charge in [-0.25, -0.2) is 0 Å². The van der Waals surface area contributed by atoms with Crippen molar-refractivity contribution in [3.63, 3.8) is 0 Å². The van der Waals surface area contributed by atoms with Crippen molar-refractivity contribution in [2.24, 2.45) is 11.1 Å². The van der Waals surface area contributed by atoms with E-state index in [0.29, 0.717) is 0 Å².